The Hall–Kier alpha value is -2.73. The first-order chi connectivity index (χ1) is 13.5. The van der Waals surface area contributed by atoms with Gasteiger partial charge in [-0.15, -0.1) is 0 Å². The highest BCUT2D eigenvalue weighted by Crippen LogP contribution is 2.18. The first kappa shape index (κ1) is 20.0. The van der Waals surface area contributed by atoms with Crippen molar-refractivity contribution < 1.29 is 23.8 Å². The lowest BCUT2D eigenvalue weighted by Gasteiger charge is -2.26. The molecule has 3 rings (SSSR count). The topological polar surface area (TPSA) is 66.8 Å². The van der Waals surface area contributed by atoms with Crippen LogP contribution in [0.4, 0.5) is 4.39 Å². The van der Waals surface area contributed by atoms with Crippen LogP contribution in [0.5, 0.6) is 0 Å². The van der Waals surface area contributed by atoms with E-state index < -0.39 is 5.97 Å². The van der Waals surface area contributed by atoms with Gasteiger partial charge in [0.25, 0.3) is 0 Å². The molecule has 0 saturated carbocycles. The molecule has 1 N–H and O–H groups in total. The lowest BCUT2D eigenvalue weighted by Crippen LogP contribution is -2.37. The van der Waals surface area contributed by atoms with Crippen molar-refractivity contribution in [1.82, 2.24) is 4.90 Å². The normalized spacial score (nSPS) is 16.1. The van der Waals surface area contributed by atoms with Crippen LogP contribution in [0, 0.1) is 5.82 Å². The van der Waals surface area contributed by atoms with Crippen LogP contribution in [0.25, 0.3) is 0 Å². The van der Waals surface area contributed by atoms with Crippen molar-refractivity contribution in [3.63, 3.8) is 0 Å². The van der Waals surface area contributed by atoms with Gasteiger partial charge in [-0.2, -0.15) is 0 Å². The Morgan fingerprint density at radius 3 is 2.71 bits per heavy atom. The fourth-order valence-electron chi connectivity index (χ4n) is 3.49. The first-order valence-electron chi connectivity index (χ1n) is 9.48. The molecule has 1 fully saturated rings. The molecule has 0 aliphatic carbocycles. The van der Waals surface area contributed by atoms with E-state index in [-0.39, 0.29) is 29.8 Å². The van der Waals surface area contributed by atoms with E-state index in [0.29, 0.717) is 31.7 Å². The van der Waals surface area contributed by atoms with E-state index in [1.807, 2.05) is 0 Å². The van der Waals surface area contributed by atoms with Crippen LogP contribution < -0.4 is 0 Å². The largest absolute Gasteiger partial charge is 0.478 e. The van der Waals surface area contributed by atoms with Crippen LogP contribution in [0.1, 0.15) is 40.7 Å². The average Bonchev–Trinajstić information content (AvgIpc) is 3.19. The number of carbonyl (C=O) groups is 2. The van der Waals surface area contributed by atoms with Crippen LogP contribution in [-0.2, 0) is 22.5 Å². The number of halogens is 1. The zero-order valence-electron chi connectivity index (χ0n) is 15.6. The van der Waals surface area contributed by atoms with Gasteiger partial charge < -0.3 is 14.7 Å². The number of aromatic carboxylic acids is 1. The second kappa shape index (κ2) is 9.46. The molecule has 1 saturated heterocycles. The molecule has 1 amide bonds. The standard InChI is InChI=1S/C22H24FNO4/c23-18-7-3-5-16(13-18)14-24(15-19-8-4-12-28-19)21(25)11-10-17-6-1-2-9-20(17)22(26)27/h1-3,5-7,9,13,19H,4,8,10-12,14-15H2,(H,26,27). The summed E-state index contributed by atoms with van der Waals surface area (Å²) in [6.45, 7) is 1.45. The van der Waals surface area contributed by atoms with Crippen molar-refractivity contribution in [2.75, 3.05) is 13.2 Å². The fourth-order valence-corrected chi connectivity index (χ4v) is 3.49. The number of rotatable bonds is 8. The summed E-state index contributed by atoms with van der Waals surface area (Å²) in [5, 5.41) is 9.30. The molecule has 0 aromatic heterocycles. The molecule has 0 radical (unpaired) electrons. The summed E-state index contributed by atoms with van der Waals surface area (Å²) in [4.78, 5) is 25.9. The number of nitrogens with zero attached hydrogens (tertiary/aromatic N) is 1. The molecular weight excluding hydrogens is 361 g/mol. The highest BCUT2D eigenvalue weighted by atomic mass is 19.1. The van der Waals surface area contributed by atoms with E-state index in [4.69, 9.17) is 4.74 Å². The second-order valence-corrected chi connectivity index (χ2v) is 7.00. The van der Waals surface area contributed by atoms with Gasteiger partial charge in [-0.3, -0.25) is 4.79 Å². The minimum absolute atomic E-state index is 0.0104. The molecule has 1 unspecified atom stereocenters. The molecule has 5 nitrogen and oxygen atoms in total. The van der Waals surface area contributed by atoms with Crippen molar-refractivity contribution in [2.24, 2.45) is 0 Å². The summed E-state index contributed by atoms with van der Waals surface area (Å²) in [7, 11) is 0. The minimum Gasteiger partial charge on any atom is -0.478 e. The Morgan fingerprint density at radius 1 is 1.18 bits per heavy atom. The molecule has 2 aromatic rings. The number of hydrogen-bond acceptors (Lipinski definition) is 3. The summed E-state index contributed by atoms with van der Waals surface area (Å²) >= 11 is 0. The lowest BCUT2D eigenvalue weighted by atomic mass is 10.0. The third kappa shape index (κ3) is 5.39. The Morgan fingerprint density at radius 2 is 2.00 bits per heavy atom. The summed E-state index contributed by atoms with van der Waals surface area (Å²) in [6.07, 6.45) is 2.38. The van der Waals surface area contributed by atoms with E-state index in [9.17, 15) is 19.1 Å². The Balaban J connectivity index is 1.69. The number of benzene rings is 2. The van der Waals surface area contributed by atoms with E-state index >= 15 is 0 Å². The third-order valence-corrected chi connectivity index (χ3v) is 4.92. The molecule has 0 spiro atoms. The summed E-state index contributed by atoms with van der Waals surface area (Å²) in [6, 6.07) is 12.9. The van der Waals surface area contributed by atoms with Gasteiger partial charge in [-0.25, -0.2) is 9.18 Å². The van der Waals surface area contributed by atoms with E-state index in [1.54, 1.807) is 41.3 Å². The van der Waals surface area contributed by atoms with Gasteiger partial charge in [0.1, 0.15) is 5.82 Å². The molecule has 2 aromatic carbocycles. The van der Waals surface area contributed by atoms with Gasteiger partial charge in [0.15, 0.2) is 0 Å². The highest BCUT2D eigenvalue weighted by Gasteiger charge is 2.23. The molecule has 1 aliphatic rings. The first-order valence-corrected chi connectivity index (χ1v) is 9.48. The minimum atomic E-state index is -1.00. The quantitative estimate of drug-likeness (QED) is 0.753. The summed E-state index contributed by atoms with van der Waals surface area (Å²) in [5.41, 5.74) is 1.56. The molecule has 28 heavy (non-hydrogen) atoms. The fraction of sp³-hybridized carbons (Fsp3) is 0.364. The van der Waals surface area contributed by atoms with Crippen molar-refractivity contribution in [3.05, 3.63) is 71.0 Å². The smallest absolute Gasteiger partial charge is 0.335 e. The van der Waals surface area contributed by atoms with Crippen LogP contribution in [-0.4, -0.2) is 41.1 Å². The Kier molecular flexibility index (Phi) is 6.76. The predicted octanol–water partition coefficient (Wildman–Crippen LogP) is 3.66. The van der Waals surface area contributed by atoms with E-state index in [0.717, 1.165) is 18.4 Å². The number of aryl methyl sites for hydroxylation is 1. The zero-order chi connectivity index (χ0) is 19.9. The third-order valence-electron chi connectivity index (χ3n) is 4.92. The summed E-state index contributed by atoms with van der Waals surface area (Å²) in [5.74, 6) is -1.43. The van der Waals surface area contributed by atoms with Gasteiger partial charge in [0, 0.05) is 26.1 Å². The van der Waals surface area contributed by atoms with Crippen molar-refractivity contribution in [1.29, 1.82) is 0 Å². The maximum atomic E-state index is 13.5. The van der Waals surface area contributed by atoms with Crippen molar-refractivity contribution in [3.8, 4) is 0 Å². The Labute approximate surface area is 163 Å². The highest BCUT2D eigenvalue weighted by molar-refractivity contribution is 5.89. The van der Waals surface area contributed by atoms with E-state index in [2.05, 4.69) is 0 Å². The molecule has 148 valence electrons. The van der Waals surface area contributed by atoms with Crippen molar-refractivity contribution in [2.45, 2.75) is 38.3 Å². The SMILES string of the molecule is O=C(O)c1ccccc1CCC(=O)N(Cc1cccc(F)c1)CC1CCCO1. The molecule has 0 bridgehead atoms. The number of carboxylic acid groups (broad SMARTS) is 1. The van der Waals surface area contributed by atoms with Crippen molar-refractivity contribution >= 4 is 11.9 Å². The number of ether oxygens (including phenoxy) is 1. The Bertz CT molecular complexity index is 833. The molecular formula is C22H24FNO4. The number of carboxylic acids is 1. The van der Waals surface area contributed by atoms with Crippen LogP contribution in [0.2, 0.25) is 0 Å². The van der Waals surface area contributed by atoms with E-state index in [1.165, 1.54) is 12.1 Å². The maximum absolute atomic E-state index is 13.5. The lowest BCUT2D eigenvalue weighted by molar-refractivity contribution is -0.133. The number of amides is 1. The predicted molar refractivity (Wildman–Crippen MR) is 103 cm³/mol. The molecule has 6 heteroatoms. The number of carbonyl (C=O) groups excluding carboxylic acids is 1. The molecule has 1 aliphatic heterocycles. The van der Waals surface area contributed by atoms with Crippen LogP contribution in [0.15, 0.2) is 48.5 Å². The monoisotopic (exact) mass is 385 g/mol. The van der Waals surface area contributed by atoms with Gasteiger partial charge in [0.05, 0.1) is 11.7 Å². The van der Waals surface area contributed by atoms with Gasteiger partial charge in [0.2, 0.25) is 5.91 Å². The van der Waals surface area contributed by atoms with Gasteiger partial charge in [-0.1, -0.05) is 30.3 Å². The molecule has 1 atom stereocenters. The molecule has 1 heterocycles. The number of hydrogen-bond donors (Lipinski definition) is 1. The second-order valence-electron chi connectivity index (χ2n) is 7.00. The zero-order valence-corrected chi connectivity index (χ0v) is 15.6. The summed E-state index contributed by atoms with van der Waals surface area (Å²) < 4.78 is 19.2. The van der Waals surface area contributed by atoms with Gasteiger partial charge in [-0.05, 0) is 48.6 Å². The van der Waals surface area contributed by atoms with Crippen LogP contribution >= 0.6 is 0 Å². The average molecular weight is 385 g/mol. The maximum Gasteiger partial charge on any atom is 0.335 e. The van der Waals surface area contributed by atoms with Crippen LogP contribution in [0.3, 0.4) is 0 Å². The van der Waals surface area contributed by atoms with Gasteiger partial charge >= 0.3 is 5.97 Å².